The Balaban J connectivity index is 2.13. The molecule has 0 saturated heterocycles. The van der Waals surface area contributed by atoms with Crippen molar-refractivity contribution in [2.24, 2.45) is 11.8 Å². The largest absolute Gasteiger partial charge is 0.316 e. The highest BCUT2D eigenvalue weighted by Crippen LogP contribution is 2.41. The van der Waals surface area contributed by atoms with Crippen LogP contribution in [0.15, 0.2) is 23.1 Å². The Morgan fingerprint density at radius 3 is 2.65 bits per heavy atom. The number of thioether (sulfide) groups is 1. The number of nitrogens with one attached hydrogen (secondary N) is 1. The Kier molecular flexibility index (Phi) is 6.09. The van der Waals surface area contributed by atoms with E-state index in [-0.39, 0.29) is 0 Å². The van der Waals surface area contributed by atoms with Gasteiger partial charge in [-0.05, 0) is 56.3 Å². The summed E-state index contributed by atoms with van der Waals surface area (Å²) >= 11 is 14.3. The van der Waals surface area contributed by atoms with Gasteiger partial charge in [0, 0.05) is 21.2 Å². The summed E-state index contributed by atoms with van der Waals surface area (Å²) in [6, 6.07) is 6.29. The fourth-order valence-electron chi connectivity index (χ4n) is 2.96. The van der Waals surface area contributed by atoms with Crippen molar-refractivity contribution < 1.29 is 0 Å². The van der Waals surface area contributed by atoms with Crippen LogP contribution in [0.4, 0.5) is 0 Å². The highest BCUT2D eigenvalue weighted by Gasteiger charge is 2.31. The molecule has 1 aromatic rings. The lowest BCUT2D eigenvalue weighted by atomic mass is 9.79. The molecule has 1 aliphatic rings. The minimum atomic E-state index is 0.560. The molecule has 0 heterocycles. The van der Waals surface area contributed by atoms with Crippen LogP contribution in [0.25, 0.3) is 0 Å². The summed E-state index contributed by atoms with van der Waals surface area (Å²) in [7, 11) is 2.06. The molecule has 0 aliphatic heterocycles. The fraction of sp³-hybridized carbons (Fsp3) is 0.625. The van der Waals surface area contributed by atoms with Crippen LogP contribution >= 0.6 is 35.0 Å². The number of benzene rings is 1. The van der Waals surface area contributed by atoms with Gasteiger partial charge in [0.2, 0.25) is 0 Å². The van der Waals surface area contributed by atoms with Crippen LogP contribution in [0.2, 0.25) is 10.0 Å². The standard InChI is InChI=1S/C16H23Cl2NS/c1-10(2)11-4-7-14(19-3)16(8-11)20-15-9-12(17)5-6-13(15)18/h5-6,9-11,14,16,19H,4,7-8H2,1-3H3. The molecule has 2 rings (SSSR count). The monoisotopic (exact) mass is 331 g/mol. The number of rotatable bonds is 4. The van der Waals surface area contributed by atoms with Crippen molar-refractivity contribution in [3.05, 3.63) is 28.2 Å². The lowest BCUT2D eigenvalue weighted by Crippen LogP contribution is -2.41. The van der Waals surface area contributed by atoms with Crippen LogP contribution in [0.1, 0.15) is 33.1 Å². The second-order valence-corrected chi connectivity index (χ2v) is 8.07. The molecular weight excluding hydrogens is 309 g/mol. The number of hydrogen-bond acceptors (Lipinski definition) is 2. The van der Waals surface area contributed by atoms with E-state index >= 15 is 0 Å². The smallest absolute Gasteiger partial charge is 0.0543 e. The number of hydrogen-bond donors (Lipinski definition) is 1. The van der Waals surface area contributed by atoms with Crippen LogP contribution in [0.3, 0.4) is 0 Å². The Morgan fingerprint density at radius 1 is 1.25 bits per heavy atom. The third kappa shape index (κ3) is 4.07. The summed E-state index contributed by atoms with van der Waals surface area (Å²) in [5.74, 6) is 1.57. The third-order valence-electron chi connectivity index (χ3n) is 4.32. The van der Waals surface area contributed by atoms with Gasteiger partial charge >= 0.3 is 0 Å². The van der Waals surface area contributed by atoms with E-state index in [0.717, 1.165) is 26.8 Å². The second kappa shape index (κ2) is 7.40. The van der Waals surface area contributed by atoms with Gasteiger partial charge in [-0.2, -0.15) is 0 Å². The first-order valence-corrected chi connectivity index (χ1v) is 8.93. The van der Waals surface area contributed by atoms with Crippen molar-refractivity contribution in [2.75, 3.05) is 7.05 Å². The highest BCUT2D eigenvalue weighted by atomic mass is 35.5. The molecule has 1 nitrogen and oxygen atoms in total. The first-order chi connectivity index (χ1) is 9.51. The van der Waals surface area contributed by atoms with Crippen molar-refractivity contribution in [1.29, 1.82) is 0 Å². The predicted octanol–water partition coefficient (Wildman–Crippen LogP) is 5.50. The summed E-state index contributed by atoms with van der Waals surface area (Å²) in [4.78, 5) is 1.11. The third-order valence-corrected chi connectivity index (χ3v) is 6.41. The van der Waals surface area contributed by atoms with Crippen LogP contribution in [0, 0.1) is 11.8 Å². The van der Waals surface area contributed by atoms with Crippen molar-refractivity contribution >= 4 is 35.0 Å². The normalized spacial score (nSPS) is 27.0. The minimum absolute atomic E-state index is 0.560. The highest BCUT2D eigenvalue weighted by molar-refractivity contribution is 8.00. The summed E-state index contributed by atoms with van der Waals surface area (Å²) in [5, 5.41) is 5.60. The maximum Gasteiger partial charge on any atom is 0.0543 e. The SMILES string of the molecule is CNC1CCC(C(C)C)CC1Sc1cc(Cl)ccc1Cl. The van der Waals surface area contributed by atoms with Gasteiger partial charge in [-0.1, -0.05) is 37.0 Å². The van der Waals surface area contributed by atoms with Crippen LogP contribution in [0.5, 0.6) is 0 Å². The Labute approximate surface area is 136 Å². The van der Waals surface area contributed by atoms with Gasteiger partial charge in [-0.3, -0.25) is 0 Å². The van der Waals surface area contributed by atoms with Gasteiger partial charge in [-0.25, -0.2) is 0 Å². The zero-order valence-electron chi connectivity index (χ0n) is 12.3. The summed E-state index contributed by atoms with van der Waals surface area (Å²) in [5.41, 5.74) is 0. The molecule has 0 bridgehead atoms. The Bertz CT molecular complexity index is 450. The van der Waals surface area contributed by atoms with Crippen molar-refractivity contribution in [3.63, 3.8) is 0 Å². The molecule has 3 atom stereocenters. The van der Waals surface area contributed by atoms with Crippen LogP contribution < -0.4 is 5.32 Å². The average molecular weight is 332 g/mol. The minimum Gasteiger partial charge on any atom is -0.316 e. The van der Waals surface area contributed by atoms with Crippen LogP contribution in [-0.2, 0) is 0 Å². The van der Waals surface area contributed by atoms with Gasteiger partial charge in [0.15, 0.2) is 0 Å². The lowest BCUT2D eigenvalue weighted by Gasteiger charge is -2.37. The van der Waals surface area contributed by atoms with Gasteiger partial charge in [0.1, 0.15) is 0 Å². The molecule has 1 N–H and O–H groups in total. The molecule has 112 valence electrons. The maximum absolute atomic E-state index is 6.31. The van der Waals surface area contributed by atoms with E-state index in [2.05, 4.69) is 26.2 Å². The van der Waals surface area contributed by atoms with E-state index < -0.39 is 0 Å². The summed E-state index contributed by atoms with van der Waals surface area (Å²) in [6.07, 6.45) is 3.81. The van der Waals surface area contributed by atoms with Crippen LogP contribution in [-0.4, -0.2) is 18.3 Å². The molecule has 1 aromatic carbocycles. The second-order valence-electron chi connectivity index (χ2n) is 5.94. The van der Waals surface area contributed by atoms with Gasteiger partial charge < -0.3 is 5.32 Å². The summed E-state index contributed by atoms with van der Waals surface area (Å²) < 4.78 is 0. The van der Waals surface area contributed by atoms with Gasteiger partial charge in [0.05, 0.1) is 5.02 Å². The summed E-state index contributed by atoms with van der Waals surface area (Å²) in [6.45, 7) is 4.66. The van der Waals surface area contributed by atoms with Gasteiger partial charge in [0.25, 0.3) is 0 Å². The molecule has 1 aliphatic carbocycles. The maximum atomic E-state index is 6.31. The zero-order chi connectivity index (χ0) is 14.7. The molecule has 0 radical (unpaired) electrons. The molecule has 0 aromatic heterocycles. The Hall–Kier alpha value is 0.110. The molecule has 1 fully saturated rings. The zero-order valence-corrected chi connectivity index (χ0v) is 14.7. The van der Waals surface area contributed by atoms with E-state index in [9.17, 15) is 0 Å². The van der Waals surface area contributed by atoms with E-state index in [0.29, 0.717) is 11.3 Å². The first-order valence-electron chi connectivity index (χ1n) is 7.30. The fourth-order valence-corrected chi connectivity index (χ4v) is 4.93. The average Bonchev–Trinajstić information content (AvgIpc) is 2.42. The topological polar surface area (TPSA) is 12.0 Å². The van der Waals surface area contributed by atoms with Gasteiger partial charge in [-0.15, -0.1) is 11.8 Å². The molecule has 0 amide bonds. The molecule has 20 heavy (non-hydrogen) atoms. The Morgan fingerprint density at radius 2 is 2.00 bits per heavy atom. The molecule has 4 heteroatoms. The first kappa shape index (κ1) is 16.5. The molecule has 1 saturated carbocycles. The van der Waals surface area contributed by atoms with Crippen molar-refractivity contribution in [3.8, 4) is 0 Å². The van der Waals surface area contributed by atoms with E-state index in [4.69, 9.17) is 23.2 Å². The molecule has 3 unspecified atom stereocenters. The van der Waals surface area contributed by atoms with Crippen molar-refractivity contribution in [1.82, 2.24) is 5.32 Å². The molecule has 0 spiro atoms. The predicted molar refractivity (Wildman–Crippen MR) is 91.1 cm³/mol. The van der Waals surface area contributed by atoms with E-state index in [1.54, 1.807) is 0 Å². The quantitative estimate of drug-likeness (QED) is 0.781. The lowest BCUT2D eigenvalue weighted by molar-refractivity contribution is 0.251. The number of halogens is 2. The van der Waals surface area contributed by atoms with Crippen molar-refractivity contribution in [2.45, 2.75) is 49.3 Å². The van der Waals surface area contributed by atoms with E-state index in [1.807, 2.05) is 30.0 Å². The molecular formula is C16H23Cl2NS. The van der Waals surface area contributed by atoms with E-state index in [1.165, 1.54) is 19.3 Å².